The molecule has 71 valence electrons. The molecular weight excluding hydrogens is 182 g/mol. The first-order valence-corrected chi connectivity index (χ1v) is 4.93. The zero-order valence-corrected chi connectivity index (χ0v) is 8.20. The summed E-state index contributed by atoms with van der Waals surface area (Å²) >= 11 is 0. The Bertz CT molecular complexity index is 641. The maximum atomic E-state index is 5.75. The van der Waals surface area contributed by atoms with Gasteiger partial charge in [0.2, 0.25) is 0 Å². The summed E-state index contributed by atoms with van der Waals surface area (Å²) in [6.45, 7) is 0. The quantitative estimate of drug-likeness (QED) is 0.429. The van der Waals surface area contributed by atoms with Crippen LogP contribution in [-0.2, 0) is 0 Å². The largest absolute Gasteiger partial charge is 0.399 e. The van der Waals surface area contributed by atoms with Crippen LogP contribution >= 0.6 is 0 Å². The summed E-state index contributed by atoms with van der Waals surface area (Å²) in [5, 5.41) is 4.61. The van der Waals surface area contributed by atoms with Gasteiger partial charge in [0.25, 0.3) is 0 Å². The van der Waals surface area contributed by atoms with Crippen LogP contribution in [0.2, 0.25) is 0 Å². The molecule has 1 nitrogen and oxygen atoms in total. The number of nitrogens with two attached hydrogens (primary N) is 1. The fraction of sp³-hybridized carbons (Fsp3) is 0. The lowest BCUT2D eigenvalue weighted by Crippen LogP contribution is -1.84. The van der Waals surface area contributed by atoms with Crippen LogP contribution in [0, 0.1) is 6.07 Å². The van der Waals surface area contributed by atoms with Crippen LogP contribution < -0.4 is 5.73 Å². The van der Waals surface area contributed by atoms with Gasteiger partial charge in [-0.05, 0) is 45.8 Å². The summed E-state index contributed by atoms with van der Waals surface area (Å²) in [7, 11) is 0. The summed E-state index contributed by atoms with van der Waals surface area (Å²) in [5.74, 6) is 0. The minimum absolute atomic E-state index is 0.797. The average Bonchev–Trinajstić information content (AvgIpc) is 2.26. The molecule has 3 aromatic rings. The van der Waals surface area contributed by atoms with Crippen molar-refractivity contribution >= 4 is 27.2 Å². The van der Waals surface area contributed by atoms with Crippen LogP contribution in [-0.4, -0.2) is 0 Å². The van der Waals surface area contributed by atoms with Crippen molar-refractivity contribution < 1.29 is 0 Å². The highest BCUT2D eigenvalue weighted by molar-refractivity contribution is 5.98. The lowest BCUT2D eigenvalue weighted by Gasteiger charge is -2.02. The van der Waals surface area contributed by atoms with Crippen LogP contribution in [0.1, 0.15) is 0 Å². The molecule has 2 N–H and O–H groups in total. The van der Waals surface area contributed by atoms with E-state index in [2.05, 4.69) is 24.3 Å². The third-order valence-electron chi connectivity index (χ3n) is 2.62. The van der Waals surface area contributed by atoms with E-state index in [0.29, 0.717) is 0 Å². The van der Waals surface area contributed by atoms with Crippen molar-refractivity contribution in [3.8, 4) is 0 Å². The second-order valence-electron chi connectivity index (χ2n) is 3.70. The number of hydrogen-bond donors (Lipinski definition) is 1. The Hall–Kier alpha value is -2.02. The molecule has 0 aliphatic heterocycles. The Morgan fingerprint density at radius 1 is 0.800 bits per heavy atom. The van der Waals surface area contributed by atoms with Crippen LogP contribution in [0.25, 0.3) is 21.5 Å². The first-order chi connectivity index (χ1) is 7.33. The van der Waals surface area contributed by atoms with E-state index in [4.69, 9.17) is 5.73 Å². The van der Waals surface area contributed by atoms with Crippen LogP contribution in [0.4, 0.5) is 5.69 Å². The second kappa shape index (κ2) is 2.99. The van der Waals surface area contributed by atoms with Gasteiger partial charge in [-0.15, -0.1) is 0 Å². The molecule has 0 bridgehead atoms. The van der Waals surface area contributed by atoms with Gasteiger partial charge in [0.1, 0.15) is 0 Å². The van der Waals surface area contributed by atoms with Crippen molar-refractivity contribution in [3.05, 3.63) is 54.6 Å². The summed E-state index contributed by atoms with van der Waals surface area (Å²) in [4.78, 5) is 0. The fourth-order valence-corrected chi connectivity index (χ4v) is 1.86. The lowest BCUT2D eigenvalue weighted by molar-refractivity contribution is 1.74. The van der Waals surface area contributed by atoms with Crippen molar-refractivity contribution in [3.63, 3.8) is 0 Å². The highest BCUT2D eigenvalue weighted by atomic mass is 14.5. The Balaban J connectivity index is 2.47. The Labute approximate surface area is 88.1 Å². The first kappa shape index (κ1) is 8.30. The van der Waals surface area contributed by atoms with Gasteiger partial charge in [0.15, 0.2) is 0 Å². The molecule has 0 amide bonds. The van der Waals surface area contributed by atoms with E-state index in [9.17, 15) is 0 Å². The van der Waals surface area contributed by atoms with Gasteiger partial charge in [0.05, 0.1) is 0 Å². The van der Waals surface area contributed by atoms with Crippen molar-refractivity contribution in [1.29, 1.82) is 0 Å². The van der Waals surface area contributed by atoms with E-state index in [1.165, 1.54) is 5.39 Å². The average molecular weight is 192 g/mol. The zero-order chi connectivity index (χ0) is 10.3. The molecule has 1 radical (unpaired) electrons. The van der Waals surface area contributed by atoms with E-state index in [1.54, 1.807) is 0 Å². The van der Waals surface area contributed by atoms with Crippen LogP contribution in [0.5, 0.6) is 0 Å². The van der Waals surface area contributed by atoms with Gasteiger partial charge in [-0.25, -0.2) is 0 Å². The fourth-order valence-electron chi connectivity index (χ4n) is 1.86. The molecule has 15 heavy (non-hydrogen) atoms. The minimum Gasteiger partial charge on any atom is -0.399 e. The number of benzene rings is 3. The number of hydrogen-bond acceptors (Lipinski definition) is 1. The Morgan fingerprint density at radius 2 is 1.60 bits per heavy atom. The van der Waals surface area contributed by atoms with Gasteiger partial charge >= 0.3 is 0 Å². The van der Waals surface area contributed by atoms with Gasteiger partial charge in [0, 0.05) is 5.69 Å². The molecule has 0 saturated heterocycles. The standard InChI is InChI=1S/C14H10N/c15-14-6-5-12-7-10-3-1-2-4-11(10)8-13(12)9-14/h1-6,8-9H,15H2. The van der Waals surface area contributed by atoms with E-state index < -0.39 is 0 Å². The van der Waals surface area contributed by atoms with E-state index >= 15 is 0 Å². The predicted molar refractivity (Wildman–Crippen MR) is 64.7 cm³/mol. The van der Waals surface area contributed by atoms with Gasteiger partial charge in [-0.1, -0.05) is 30.3 Å². The molecule has 1 heteroatoms. The molecule has 0 aliphatic rings. The molecule has 3 rings (SSSR count). The summed E-state index contributed by atoms with van der Waals surface area (Å²) in [6, 6.07) is 19.7. The van der Waals surface area contributed by atoms with Crippen LogP contribution in [0.15, 0.2) is 48.5 Å². The number of rotatable bonds is 0. The summed E-state index contributed by atoms with van der Waals surface area (Å²) in [5.41, 5.74) is 6.55. The third kappa shape index (κ3) is 1.33. The Kier molecular flexibility index (Phi) is 1.65. The van der Waals surface area contributed by atoms with Gasteiger partial charge in [-0.3, -0.25) is 0 Å². The lowest BCUT2D eigenvalue weighted by atomic mass is 10.0. The van der Waals surface area contributed by atoms with E-state index in [-0.39, 0.29) is 0 Å². The molecule has 0 aliphatic carbocycles. The monoisotopic (exact) mass is 192 g/mol. The number of nitrogen functional groups attached to an aromatic ring is 1. The van der Waals surface area contributed by atoms with Crippen LogP contribution in [0.3, 0.4) is 0 Å². The van der Waals surface area contributed by atoms with E-state index in [1.807, 2.05) is 30.3 Å². The molecular formula is C14H10N. The second-order valence-corrected chi connectivity index (χ2v) is 3.70. The highest BCUT2D eigenvalue weighted by Gasteiger charge is 1.97. The van der Waals surface area contributed by atoms with Gasteiger partial charge < -0.3 is 5.73 Å². The minimum atomic E-state index is 0.797. The number of anilines is 1. The smallest absolute Gasteiger partial charge is 0.0320 e. The van der Waals surface area contributed by atoms with Crippen molar-refractivity contribution in [2.24, 2.45) is 0 Å². The van der Waals surface area contributed by atoms with Gasteiger partial charge in [-0.2, -0.15) is 0 Å². The molecule has 0 fully saturated rings. The third-order valence-corrected chi connectivity index (χ3v) is 2.62. The predicted octanol–water partition coefficient (Wildman–Crippen LogP) is 3.38. The molecule has 0 spiro atoms. The van der Waals surface area contributed by atoms with E-state index in [0.717, 1.165) is 21.8 Å². The molecule has 0 heterocycles. The summed E-state index contributed by atoms with van der Waals surface area (Å²) < 4.78 is 0. The van der Waals surface area contributed by atoms with Crippen molar-refractivity contribution in [2.45, 2.75) is 0 Å². The molecule has 0 aromatic heterocycles. The topological polar surface area (TPSA) is 26.0 Å². The van der Waals surface area contributed by atoms with Crippen molar-refractivity contribution in [2.75, 3.05) is 5.73 Å². The maximum absolute atomic E-state index is 5.75. The maximum Gasteiger partial charge on any atom is 0.0320 e. The Morgan fingerprint density at radius 3 is 2.53 bits per heavy atom. The first-order valence-electron chi connectivity index (χ1n) is 4.93. The molecule has 0 saturated carbocycles. The SMILES string of the molecule is Nc1ccc2[c]c3ccccc3cc2c1. The summed E-state index contributed by atoms with van der Waals surface area (Å²) in [6.07, 6.45) is 0. The number of fused-ring (bicyclic) bond motifs is 2. The molecule has 0 atom stereocenters. The molecule has 3 aromatic carbocycles. The highest BCUT2D eigenvalue weighted by Crippen LogP contribution is 2.23. The zero-order valence-electron chi connectivity index (χ0n) is 8.20. The normalized spacial score (nSPS) is 10.9. The molecule has 0 unspecified atom stereocenters. The van der Waals surface area contributed by atoms with Crippen molar-refractivity contribution in [1.82, 2.24) is 0 Å².